The van der Waals surface area contributed by atoms with Gasteiger partial charge in [-0.15, -0.1) is 0 Å². The first kappa shape index (κ1) is 17.4. The third-order valence-electron chi connectivity index (χ3n) is 4.84. The van der Waals surface area contributed by atoms with Gasteiger partial charge in [-0.2, -0.15) is 0 Å². The lowest BCUT2D eigenvalue weighted by Gasteiger charge is -2.28. The fraction of sp³-hybridized carbons (Fsp3) is 0.889. The summed E-state index contributed by atoms with van der Waals surface area (Å²) in [5.41, 5.74) is 0. The maximum atomic E-state index is 10.2. The van der Waals surface area contributed by atoms with Crippen LogP contribution in [0.1, 0.15) is 89.9 Å². The SMILES string of the molecule is O=CCCCCCC1CCC(CCCCCC=O)CC1. The Morgan fingerprint density at radius 1 is 0.600 bits per heavy atom. The van der Waals surface area contributed by atoms with Crippen LogP contribution < -0.4 is 0 Å². The van der Waals surface area contributed by atoms with Crippen LogP contribution >= 0.6 is 0 Å². The van der Waals surface area contributed by atoms with Gasteiger partial charge in [0.25, 0.3) is 0 Å². The zero-order valence-electron chi connectivity index (χ0n) is 13.0. The molecule has 0 unspecified atom stereocenters. The predicted molar refractivity (Wildman–Crippen MR) is 83.7 cm³/mol. The minimum absolute atomic E-state index is 0.747. The Kier molecular flexibility index (Phi) is 10.5. The first-order chi connectivity index (χ1) is 9.86. The molecule has 20 heavy (non-hydrogen) atoms. The van der Waals surface area contributed by atoms with Gasteiger partial charge in [0.1, 0.15) is 12.6 Å². The summed E-state index contributed by atoms with van der Waals surface area (Å²) < 4.78 is 0. The van der Waals surface area contributed by atoms with Gasteiger partial charge in [0.2, 0.25) is 0 Å². The lowest BCUT2D eigenvalue weighted by Crippen LogP contribution is -2.14. The summed E-state index contributed by atoms with van der Waals surface area (Å²) in [4.78, 5) is 20.5. The largest absolute Gasteiger partial charge is 0.303 e. The van der Waals surface area contributed by atoms with E-state index in [0.29, 0.717) is 0 Å². The van der Waals surface area contributed by atoms with E-state index in [0.717, 1.165) is 50.1 Å². The number of aldehydes is 2. The van der Waals surface area contributed by atoms with E-state index >= 15 is 0 Å². The minimum Gasteiger partial charge on any atom is -0.303 e. The molecular formula is C18H32O2. The molecule has 0 bridgehead atoms. The van der Waals surface area contributed by atoms with Crippen LogP contribution in [0.5, 0.6) is 0 Å². The highest BCUT2D eigenvalue weighted by atomic mass is 16.1. The molecule has 0 heterocycles. The van der Waals surface area contributed by atoms with Crippen LogP contribution in [0, 0.1) is 11.8 Å². The molecule has 0 aromatic heterocycles. The smallest absolute Gasteiger partial charge is 0.119 e. The number of rotatable bonds is 12. The first-order valence-corrected chi connectivity index (χ1v) is 8.74. The molecule has 1 saturated carbocycles. The molecule has 0 radical (unpaired) electrons. The lowest BCUT2D eigenvalue weighted by atomic mass is 9.78. The molecule has 1 fully saturated rings. The molecule has 0 amide bonds. The van der Waals surface area contributed by atoms with Gasteiger partial charge in [-0.25, -0.2) is 0 Å². The summed E-state index contributed by atoms with van der Waals surface area (Å²) in [5.74, 6) is 1.91. The molecule has 2 nitrogen and oxygen atoms in total. The van der Waals surface area contributed by atoms with Crippen molar-refractivity contribution in [3.05, 3.63) is 0 Å². The molecule has 0 N–H and O–H groups in total. The Morgan fingerprint density at radius 3 is 1.35 bits per heavy atom. The molecule has 1 aliphatic carbocycles. The van der Waals surface area contributed by atoms with Crippen molar-refractivity contribution in [1.29, 1.82) is 0 Å². The van der Waals surface area contributed by atoms with Gasteiger partial charge < -0.3 is 9.59 Å². The van der Waals surface area contributed by atoms with Gasteiger partial charge in [0.05, 0.1) is 0 Å². The molecule has 116 valence electrons. The average molecular weight is 280 g/mol. The number of carbonyl (C=O) groups is 2. The molecule has 0 saturated heterocycles. The summed E-state index contributed by atoms with van der Waals surface area (Å²) in [6, 6.07) is 0. The molecule has 0 atom stereocenters. The highest BCUT2D eigenvalue weighted by Crippen LogP contribution is 2.34. The minimum atomic E-state index is 0.747. The van der Waals surface area contributed by atoms with E-state index < -0.39 is 0 Å². The normalized spacial score (nSPS) is 22.6. The highest BCUT2D eigenvalue weighted by Gasteiger charge is 2.20. The number of unbranched alkanes of at least 4 members (excludes halogenated alkanes) is 6. The van der Waals surface area contributed by atoms with Crippen LogP contribution in [-0.2, 0) is 9.59 Å². The number of carbonyl (C=O) groups excluding carboxylic acids is 2. The molecule has 1 aliphatic rings. The van der Waals surface area contributed by atoms with Crippen molar-refractivity contribution in [2.45, 2.75) is 89.9 Å². The Morgan fingerprint density at radius 2 is 1.00 bits per heavy atom. The van der Waals surface area contributed by atoms with Crippen molar-refractivity contribution in [3.63, 3.8) is 0 Å². The Hall–Kier alpha value is -0.660. The average Bonchev–Trinajstić information content (AvgIpc) is 2.48. The van der Waals surface area contributed by atoms with Crippen molar-refractivity contribution in [2.75, 3.05) is 0 Å². The van der Waals surface area contributed by atoms with Crippen molar-refractivity contribution >= 4 is 12.6 Å². The second kappa shape index (κ2) is 12.1. The molecule has 0 aromatic carbocycles. The zero-order valence-corrected chi connectivity index (χ0v) is 13.0. The highest BCUT2D eigenvalue weighted by molar-refractivity contribution is 5.49. The summed E-state index contributed by atoms with van der Waals surface area (Å²) in [6.45, 7) is 0. The van der Waals surface area contributed by atoms with E-state index in [1.165, 1.54) is 64.2 Å². The van der Waals surface area contributed by atoms with E-state index in [-0.39, 0.29) is 0 Å². The van der Waals surface area contributed by atoms with E-state index in [2.05, 4.69) is 0 Å². The number of hydrogen-bond acceptors (Lipinski definition) is 2. The van der Waals surface area contributed by atoms with Gasteiger partial charge >= 0.3 is 0 Å². The second-order valence-corrected chi connectivity index (χ2v) is 6.50. The summed E-state index contributed by atoms with van der Waals surface area (Å²) in [5, 5.41) is 0. The van der Waals surface area contributed by atoms with Gasteiger partial charge in [0.15, 0.2) is 0 Å². The summed E-state index contributed by atoms with van der Waals surface area (Å²) in [7, 11) is 0. The number of hydrogen-bond donors (Lipinski definition) is 0. The maximum Gasteiger partial charge on any atom is 0.119 e. The predicted octanol–water partition coefficient (Wildman–Crippen LogP) is 5.09. The standard InChI is InChI=1S/C18H32O2/c19-15-7-3-1-5-9-17-11-13-18(14-12-17)10-6-2-4-8-16-20/h15-18H,1-14H2. The molecule has 0 aromatic rings. The van der Waals surface area contributed by atoms with Gasteiger partial charge in [-0.1, -0.05) is 64.2 Å². The van der Waals surface area contributed by atoms with Crippen LogP contribution in [0.25, 0.3) is 0 Å². The maximum absolute atomic E-state index is 10.2. The molecule has 0 aliphatic heterocycles. The summed E-state index contributed by atoms with van der Waals surface area (Å²) >= 11 is 0. The Balaban J connectivity index is 1.94. The van der Waals surface area contributed by atoms with Crippen LogP contribution in [0.2, 0.25) is 0 Å². The van der Waals surface area contributed by atoms with Gasteiger partial charge in [0, 0.05) is 12.8 Å². The fourth-order valence-corrected chi connectivity index (χ4v) is 3.48. The second-order valence-electron chi connectivity index (χ2n) is 6.50. The quantitative estimate of drug-likeness (QED) is 0.368. The Labute approximate surface area is 124 Å². The third-order valence-corrected chi connectivity index (χ3v) is 4.84. The first-order valence-electron chi connectivity index (χ1n) is 8.74. The van der Waals surface area contributed by atoms with Gasteiger partial charge in [-0.05, 0) is 24.7 Å². The van der Waals surface area contributed by atoms with Crippen LogP contribution in [0.15, 0.2) is 0 Å². The van der Waals surface area contributed by atoms with Crippen molar-refractivity contribution in [2.24, 2.45) is 11.8 Å². The van der Waals surface area contributed by atoms with E-state index in [1.54, 1.807) is 0 Å². The van der Waals surface area contributed by atoms with Crippen molar-refractivity contribution in [1.82, 2.24) is 0 Å². The zero-order chi connectivity index (χ0) is 14.5. The molecule has 0 spiro atoms. The van der Waals surface area contributed by atoms with Crippen molar-refractivity contribution in [3.8, 4) is 0 Å². The van der Waals surface area contributed by atoms with Crippen LogP contribution in [0.3, 0.4) is 0 Å². The van der Waals surface area contributed by atoms with Crippen LogP contribution in [0.4, 0.5) is 0 Å². The third kappa shape index (κ3) is 8.50. The topological polar surface area (TPSA) is 34.1 Å². The van der Waals surface area contributed by atoms with Crippen molar-refractivity contribution < 1.29 is 9.59 Å². The monoisotopic (exact) mass is 280 g/mol. The van der Waals surface area contributed by atoms with E-state index in [9.17, 15) is 9.59 Å². The van der Waals surface area contributed by atoms with E-state index in [4.69, 9.17) is 0 Å². The molecule has 1 rings (SSSR count). The lowest BCUT2D eigenvalue weighted by molar-refractivity contribution is -0.108. The Bertz CT molecular complexity index is 216. The molecular weight excluding hydrogens is 248 g/mol. The van der Waals surface area contributed by atoms with Crippen LogP contribution in [-0.4, -0.2) is 12.6 Å². The van der Waals surface area contributed by atoms with E-state index in [1.807, 2.05) is 0 Å². The molecule has 2 heteroatoms. The fourth-order valence-electron chi connectivity index (χ4n) is 3.48. The van der Waals surface area contributed by atoms with Gasteiger partial charge in [-0.3, -0.25) is 0 Å². The summed E-state index contributed by atoms with van der Waals surface area (Å²) in [6.07, 6.45) is 19.3.